The van der Waals surface area contributed by atoms with E-state index in [9.17, 15) is 5.11 Å². The number of phenolic OH excluding ortho intramolecular Hbond substituents is 1. The van der Waals surface area contributed by atoms with Crippen molar-refractivity contribution < 1.29 is 28.1 Å². The van der Waals surface area contributed by atoms with Gasteiger partial charge in [0.1, 0.15) is 17.1 Å². The SMILES string of the molecule is C#Cc1cccc2cc(O)cc(-c3c(F)c(OC)c4c(N)nc(OCC5(CN6CCOCC6C)CC5)nc4c3F)c12. The van der Waals surface area contributed by atoms with Crippen molar-refractivity contribution in [1.29, 1.82) is 0 Å². The van der Waals surface area contributed by atoms with Crippen molar-refractivity contribution in [2.24, 2.45) is 5.41 Å². The third kappa shape index (κ3) is 4.75. The highest BCUT2D eigenvalue weighted by Gasteiger charge is 2.46. The fraction of sp³-hybridized carbons (Fsp3) is 0.355. The number of nitrogens with zero attached hydrogens (tertiary/aromatic N) is 3. The highest BCUT2D eigenvalue weighted by Crippen LogP contribution is 2.48. The van der Waals surface area contributed by atoms with Crippen LogP contribution in [0.4, 0.5) is 14.6 Å². The molecule has 0 bridgehead atoms. The molecule has 1 aliphatic heterocycles. The normalized spacial score (nSPS) is 18.4. The smallest absolute Gasteiger partial charge is 0.319 e. The van der Waals surface area contributed by atoms with E-state index in [2.05, 4.69) is 27.7 Å². The Kier molecular flexibility index (Phi) is 6.80. The monoisotopic (exact) mass is 560 g/mol. The average molecular weight is 561 g/mol. The Balaban J connectivity index is 1.44. The Morgan fingerprint density at radius 3 is 2.73 bits per heavy atom. The number of morpholine rings is 1. The molecular formula is C31H30F2N4O4. The van der Waals surface area contributed by atoms with E-state index in [1.54, 1.807) is 18.2 Å². The fourth-order valence-electron chi connectivity index (χ4n) is 5.67. The minimum absolute atomic E-state index is 0.0555. The molecule has 2 aliphatic rings. The molecule has 1 aliphatic carbocycles. The molecule has 0 radical (unpaired) electrons. The topological polar surface area (TPSA) is 103 Å². The van der Waals surface area contributed by atoms with Crippen LogP contribution in [-0.2, 0) is 4.74 Å². The van der Waals surface area contributed by atoms with Gasteiger partial charge in [0, 0.05) is 41.1 Å². The van der Waals surface area contributed by atoms with Crippen LogP contribution >= 0.6 is 0 Å². The van der Waals surface area contributed by atoms with Crippen LogP contribution in [0.3, 0.4) is 0 Å². The third-order valence-electron chi connectivity index (χ3n) is 8.09. The summed E-state index contributed by atoms with van der Waals surface area (Å²) in [6.07, 6.45) is 7.69. The quantitative estimate of drug-likeness (QED) is 0.308. The number of methoxy groups -OCH3 is 1. The van der Waals surface area contributed by atoms with Crippen LogP contribution in [0.25, 0.3) is 32.8 Å². The molecular weight excluding hydrogens is 530 g/mol. The molecule has 1 aromatic heterocycles. The zero-order chi connectivity index (χ0) is 28.9. The molecule has 6 rings (SSSR count). The third-order valence-corrected chi connectivity index (χ3v) is 8.09. The number of phenols is 1. The second-order valence-electron chi connectivity index (χ2n) is 10.9. The summed E-state index contributed by atoms with van der Waals surface area (Å²) in [7, 11) is 1.25. The Bertz CT molecular complexity index is 1720. The van der Waals surface area contributed by atoms with Crippen molar-refractivity contribution in [3.05, 3.63) is 47.5 Å². The minimum Gasteiger partial charge on any atom is -0.508 e. The lowest BCUT2D eigenvalue weighted by molar-refractivity contribution is -0.0134. The second-order valence-corrected chi connectivity index (χ2v) is 10.9. The van der Waals surface area contributed by atoms with Gasteiger partial charge in [0.25, 0.3) is 0 Å². The Morgan fingerprint density at radius 1 is 1.22 bits per heavy atom. The fourth-order valence-corrected chi connectivity index (χ4v) is 5.67. The van der Waals surface area contributed by atoms with Crippen molar-refractivity contribution in [1.82, 2.24) is 14.9 Å². The average Bonchev–Trinajstić information content (AvgIpc) is 3.73. The lowest BCUT2D eigenvalue weighted by atomic mass is 9.92. The molecule has 3 N–H and O–H groups in total. The number of anilines is 1. The first-order valence-electron chi connectivity index (χ1n) is 13.4. The number of nitrogens with two attached hydrogens (primary N) is 1. The lowest BCUT2D eigenvalue weighted by Gasteiger charge is -2.35. The van der Waals surface area contributed by atoms with E-state index < -0.39 is 17.2 Å². The molecule has 10 heteroatoms. The highest BCUT2D eigenvalue weighted by molar-refractivity contribution is 6.05. The number of hydrogen-bond donors (Lipinski definition) is 2. The molecule has 1 saturated heterocycles. The zero-order valence-corrected chi connectivity index (χ0v) is 22.8. The maximum absolute atomic E-state index is 16.4. The lowest BCUT2D eigenvalue weighted by Crippen LogP contribution is -2.47. The Labute approximate surface area is 236 Å². The number of terminal acetylenes is 1. The number of hydrogen-bond acceptors (Lipinski definition) is 8. The Morgan fingerprint density at radius 2 is 2.02 bits per heavy atom. The van der Waals surface area contributed by atoms with Crippen LogP contribution in [0.15, 0.2) is 30.3 Å². The number of aromatic nitrogens is 2. The number of fused-ring (bicyclic) bond motifs is 2. The van der Waals surface area contributed by atoms with Crippen LogP contribution in [0, 0.1) is 29.4 Å². The number of benzene rings is 3. The molecule has 212 valence electrons. The van der Waals surface area contributed by atoms with Gasteiger partial charge in [0.05, 0.1) is 37.9 Å². The van der Waals surface area contributed by atoms with Crippen LogP contribution in [0.5, 0.6) is 17.5 Å². The van der Waals surface area contributed by atoms with Gasteiger partial charge >= 0.3 is 6.01 Å². The van der Waals surface area contributed by atoms with Crippen molar-refractivity contribution in [3.8, 4) is 41.0 Å². The van der Waals surface area contributed by atoms with Crippen LogP contribution in [-0.4, -0.2) is 66.0 Å². The van der Waals surface area contributed by atoms with Gasteiger partial charge in [0.15, 0.2) is 17.4 Å². The zero-order valence-electron chi connectivity index (χ0n) is 22.8. The molecule has 2 fully saturated rings. The summed E-state index contributed by atoms with van der Waals surface area (Å²) < 4.78 is 49.3. The van der Waals surface area contributed by atoms with Crippen LogP contribution < -0.4 is 15.2 Å². The number of aromatic hydroxyl groups is 1. The number of halogens is 2. The molecule has 41 heavy (non-hydrogen) atoms. The van der Waals surface area contributed by atoms with Gasteiger partial charge in [-0.3, -0.25) is 4.90 Å². The summed E-state index contributed by atoms with van der Waals surface area (Å²) in [6.45, 7) is 5.56. The van der Waals surface area contributed by atoms with Gasteiger partial charge in [-0.05, 0) is 43.4 Å². The van der Waals surface area contributed by atoms with Crippen molar-refractivity contribution in [2.75, 3.05) is 45.8 Å². The summed E-state index contributed by atoms with van der Waals surface area (Å²) in [5.74, 6) is -0.147. The summed E-state index contributed by atoms with van der Waals surface area (Å²) >= 11 is 0. The number of nitrogen functional groups attached to an aromatic ring is 1. The predicted octanol–water partition coefficient (Wildman–Crippen LogP) is 4.89. The maximum Gasteiger partial charge on any atom is 0.319 e. The largest absolute Gasteiger partial charge is 0.508 e. The predicted molar refractivity (Wildman–Crippen MR) is 152 cm³/mol. The first-order valence-corrected chi connectivity index (χ1v) is 13.4. The molecule has 8 nitrogen and oxygen atoms in total. The second kappa shape index (κ2) is 10.3. The maximum atomic E-state index is 16.4. The summed E-state index contributed by atoms with van der Waals surface area (Å²) in [5, 5.41) is 11.2. The molecule has 2 heterocycles. The van der Waals surface area contributed by atoms with E-state index >= 15 is 8.78 Å². The van der Waals surface area contributed by atoms with Crippen molar-refractivity contribution in [3.63, 3.8) is 0 Å². The van der Waals surface area contributed by atoms with E-state index in [0.29, 0.717) is 42.2 Å². The molecule has 1 unspecified atom stereocenters. The van der Waals surface area contributed by atoms with Gasteiger partial charge in [-0.15, -0.1) is 6.42 Å². The number of ether oxygens (including phenoxy) is 3. The van der Waals surface area contributed by atoms with Gasteiger partial charge in [-0.25, -0.2) is 8.78 Å². The Hall–Kier alpha value is -4.20. The molecule has 3 aromatic carbocycles. The van der Waals surface area contributed by atoms with Crippen LogP contribution in [0.2, 0.25) is 0 Å². The molecule has 0 amide bonds. The van der Waals surface area contributed by atoms with Gasteiger partial charge < -0.3 is 25.1 Å². The van der Waals surface area contributed by atoms with E-state index in [0.717, 1.165) is 25.9 Å². The summed E-state index contributed by atoms with van der Waals surface area (Å²) in [6, 6.07) is 8.01. The van der Waals surface area contributed by atoms with Crippen molar-refractivity contribution in [2.45, 2.75) is 25.8 Å². The van der Waals surface area contributed by atoms with E-state index in [-0.39, 0.29) is 45.2 Å². The summed E-state index contributed by atoms with van der Waals surface area (Å²) in [5.41, 5.74) is 5.89. The minimum atomic E-state index is -1.02. The molecule has 1 saturated carbocycles. The first-order chi connectivity index (χ1) is 19.7. The molecule has 1 atom stereocenters. The first kappa shape index (κ1) is 27.0. The summed E-state index contributed by atoms with van der Waals surface area (Å²) in [4.78, 5) is 10.9. The van der Waals surface area contributed by atoms with Gasteiger partial charge in [-0.1, -0.05) is 18.1 Å². The number of rotatable bonds is 7. The van der Waals surface area contributed by atoms with Crippen LogP contribution in [0.1, 0.15) is 25.3 Å². The highest BCUT2D eigenvalue weighted by atomic mass is 19.1. The van der Waals surface area contributed by atoms with E-state index in [1.165, 1.54) is 19.2 Å². The van der Waals surface area contributed by atoms with E-state index in [1.807, 2.05) is 0 Å². The van der Waals surface area contributed by atoms with E-state index in [4.69, 9.17) is 26.4 Å². The van der Waals surface area contributed by atoms with Gasteiger partial charge in [-0.2, -0.15) is 9.97 Å². The van der Waals surface area contributed by atoms with Gasteiger partial charge in [0.2, 0.25) is 0 Å². The molecule has 4 aromatic rings. The standard InChI is InChI=1S/C31H30F2N4O4/c1-4-18-6-5-7-19-12-20(38)13-21(22(18)19)23-25(32)27-24(28(39-3)26(23)33)29(34)36-30(35-27)41-16-31(8-9-31)15-37-10-11-40-14-17(37)2/h1,5-7,12-13,17,38H,8-11,14-16H2,2-3H3,(H2,34,35,36). The van der Waals surface area contributed by atoms with Crippen molar-refractivity contribution >= 4 is 27.5 Å². The molecule has 0 spiro atoms.